The summed E-state index contributed by atoms with van der Waals surface area (Å²) < 4.78 is 20.8. The van der Waals surface area contributed by atoms with Crippen LogP contribution in [0.4, 0.5) is 5.69 Å². The molecule has 1 aromatic heterocycles. The van der Waals surface area contributed by atoms with Gasteiger partial charge in [0.05, 0.1) is 31.7 Å². The van der Waals surface area contributed by atoms with E-state index in [2.05, 4.69) is 16.7 Å². The van der Waals surface area contributed by atoms with Crippen molar-refractivity contribution in [2.24, 2.45) is 0 Å². The number of nitrogens with one attached hydrogen (secondary N) is 2. The molecule has 9 heteroatoms. The molecule has 0 fully saturated rings. The van der Waals surface area contributed by atoms with E-state index in [0.29, 0.717) is 12.3 Å². The molecule has 2 amide bonds. The molecule has 0 radical (unpaired) electrons. The van der Waals surface area contributed by atoms with Crippen LogP contribution >= 0.6 is 0 Å². The zero-order valence-electron chi connectivity index (χ0n) is 18.8. The monoisotopic (exact) mass is 456 g/mol. The fraction of sp³-hybridized carbons (Fsp3) is 0.375. The minimum absolute atomic E-state index is 0.00715. The summed E-state index contributed by atoms with van der Waals surface area (Å²) in [4.78, 5) is 37.3. The standard InChI is InChI=1S/C24H28N2O7/c1-30-20-13-17(18(14-21(20)31-2)26-23(28)19-9-6-12-32-19)24(29)33-15-22(27)25-11-10-16-7-4-3-5-8-16/h6-7,9,12-14H,3-5,8,10-11,15H2,1-2H3,(H,25,27)(H,26,28). The number of carbonyl (C=O) groups excluding carboxylic acids is 3. The van der Waals surface area contributed by atoms with Crippen LogP contribution in [0.5, 0.6) is 11.5 Å². The van der Waals surface area contributed by atoms with Crippen LogP contribution in [-0.4, -0.2) is 45.2 Å². The molecule has 0 saturated carbocycles. The highest BCUT2D eigenvalue weighted by atomic mass is 16.5. The predicted molar refractivity (Wildman–Crippen MR) is 121 cm³/mol. The third-order valence-electron chi connectivity index (χ3n) is 5.22. The number of hydrogen-bond donors (Lipinski definition) is 2. The molecule has 0 aliphatic heterocycles. The summed E-state index contributed by atoms with van der Waals surface area (Å²) in [6.07, 6.45) is 8.93. The molecule has 33 heavy (non-hydrogen) atoms. The van der Waals surface area contributed by atoms with Gasteiger partial charge in [-0.05, 0) is 44.2 Å². The van der Waals surface area contributed by atoms with Gasteiger partial charge in [-0.25, -0.2) is 4.79 Å². The summed E-state index contributed by atoms with van der Waals surface area (Å²) in [5.41, 5.74) is 1.48. The van der Waals surface area contributed by atoms with Gasteiger partial charge in [0, 0.05) is 18.7 Å². The predicted octanol–water partition coefficient (Wildman–Crippen LogP) is 3.71. The first-order chi connectivity index (χ1) is 16.0. The van der Waals surface area contributed by atoms with Gasteiger partial charge in [-0.1, -0.05) is 11.6 Å². The molecule has 0 bridgehead atoms. The van der Waals surface area contributed by atoms with Crippen molar-refractivity contribution in [2.75, 3.05) is 32.7 Å². The number of furan rings is 1. The molecule has 2 N–H and O–H groups in total. The number of methoxy groups -OCH3 is 2. The summed E-state index contributed by atoms with van der Waals surface area (Å²) in [6.45, 7) is 0.0425. The summed E-state index contributed by atoms with van der Waals surface area (Å²) in [5, 5.41) is 5.36. The molecule has 3 rings (SSSR count). The topological polar surface area (TPSA) is 116 Å². The molecule has 2 aromatic rings. The van der Waals surface area contributed by atoms with Crippen LogP contribution in [0, 0.1) is 0 Å². The first-order valence-corrected chi connectivity index (χ1v) is 10.7. The summed E-state index contributed by atoms with van der Waals surface area (Å²) in [5.74, 6) is -1.12. The Bertz CT molecular complexity index is 1010. The Labute approximate surface area is 192 Å². The second-order valence-corrected chi connectivity index (χ2v) is 7.47. The lowest BCUT2D eigenvalue weighted by molar-refractivity contribution is -0.124. The van der Waals surface area contributed by atoms with E-state index in [1.165, 1.54) is 57.1 Å². The molecule has 1 aliphatic carbocycles. The van der Waals surface area contributed by atoms with Crippen molar-refractivity contribution in [3.63, 3.8) is 0 Å². The van der Waals surface area contributed by atoms with Crippen molar-refractivity contribution < 1.29 is 33.0 Å². The van der Waals surface area contributed by atoms with Gasteiger partial charge in [0.15, 0.2) is 23.9 Å². The Morgan fingerprint density at radius 1 is 1.09 bits per heavy atom. The third kappa shape index (κ3) is 6.61. The van der Waals surface area contributed by atoms with Crippen LogP contribution in [0.25, 0.3) is 0 Å². The zero-order valence-corrected chi connectivity index (χ0v) is 18.8. The minimum Gasteiger partial charge on any atom is -0.493 e. The molecule has 0 atom stereocenters. The number of rotatable bonds is 10. The number of carbonyl (C=O) groups is 3. The van der Waals surface area contributed by atoms with Crippen molar-refractivity contribution in [1.82, 2.24) is 5.32 Å². The average molecular weight is 456 g/mol. The van der Waals surface area contributed by atoms with Crippen LogP contribution in [-0.2, 0) is 9.53 Å². The zero-order chi connectivity index (χ0) is 23.6. The van der Waals surface area contributed by atoms with E-state index in [-0.39, 0.29) is 22.8 Å². The second-order valence-electron chi connectivity index (χ2n) is 7.47. The second kappa shape index (κ2) is 11.8. The Balaban J connectivity index is 1.64. The van der Waals surface area contributed by atoms with Crippen LogP contribution in [0.1, 0.15) is 53.0 Å². The highest BCUT2D eigenvalue weighted by Crippen LogP contribution is 2.34. The van der Waals surface area contributed by atoms with E-state index in [0.717, 1.165) is 19.3 Å². The number of esters is 1. The van der Waals surface area contributed by atoms with Crippen molar-refractivity contribution in [3.05, 3.63) is 53.5 Å². The van der Waals surface area contributed by atoms with E-state index in [4.69, 9.17) is 18.6 Å². The number of ether oxygens (including phenoxy) is 3. The van der Waals surface area contributed by atoms with Crippen LogP contribution < -0.4 is 20.1 Å². The molecule has 1 heterocycles. The van der Waals surface area contributed by atoms with Gasteiger partial charge in [0.25, 0.3) is 11.8 Å². The molecular formula is C24H28N2O7. The number of benzene rings is 1. The maximum atomic E-state index is 12.7. The van der Waals surface area contributed by atoms with Crippen molar-refractivity contribution >= 4 is 23.5 Å². The molecule has 0 saturated heterocycles. The highest BCUT2D eigenvalue weighted by molar-refractivity contribution is 6.07. The Morgan fingerprint density at radius 2 is 1.88 bits per heavy atom. The summed E-state index contributed by atoms with van der Waals surface area (Å²) in [7, 11) is 2.85. The van der Waals surface area contributed by atoms with Crippen LogP contribution in [0.15, 0.2) is 46.6 Å². The lowest BCUT2D eigenvalue weighted by Crippen LogP contribution is -2.30. The maximum Gasteiger partial charge on any atom is 0.340 e. The van der Waals surface area contributed by atoms with E-state index in [9.17, 15) is 14.4 Å². The van der Waals surface area contributed by atoms with Gasteiger partial charge >= 0.3 is 5.97 Å². The summed E-state index contributed by atoms with van der Waals surface area (Å²) >= 11 is 0. The fourth-order valence-corrected chi connectivity index (χ4v) is 3.50. The molecule has 0 spiro atoms. The van der Waals surface area contributed by atoms with E-state index in [1.807, 2.05) is 0 Å². The molecular weight excluding hydrogens is 428 g/mol. The number of hydrogen-bond acceptors (Lipinski definition) is 7. The maximum absolute atomic E-state index is 12.7. The van der Waals surface area contributed by atoms with Gasteiger partial charge in [-0.2, -0.15) is 0 Å². The lowest BCUT2D eigenvalue weighted by atomic mass is 9.97. The van der Waals surface area contributed by atoms with Crippen molar-refractivity contribution in [2.45, 2.75) is 32.1 Å². The fourth-order valence-electron chi connectivity index (χ4n) is 3.50. The van der Waals surface area contributed by atoms with Gasteiger partial charge in [0.1, 0.15) is 0 Å². The molecule has 176 valence electrons. The van der Waals surface area contributed by atoms with Crippen LogP contribution in [0.3, 0.4) is 0 Å². The van der Waals surface area contributed by atoms with E-state index in [1.54, 1.807) is 6.07 Å². The normalized spacial score (nSPS) is 13.0. The van der Waals surface area contributed by atoms with Gasteiger partial charge < -0.3 is 29.3 Å². The quantitative estimate of drug-likeness (QED) is 0.413. The third-order valence-corrected chi connectivity index (χ3v) is 5.22. The van der Waals surface area contributed by atoms with E-state index < -0.39 is 24.4 Å². The first-order valence-electron chi connectivity index (χ1n) is 10.7. The number of anilines is 1. The Morgan fingerprint density at radius 3 is 2.55 bits per heavy atom. The van der Waals surface area contributed by atoms with Gasteiger partial charge in [-0.15, -0.1) is 0 Å². The van der Waals surface area contributed by atoms with Crippen molar-refractivity contribution in [1.29, 1.82) is 0 Å². The molecule has 0 unspecified atom stereocenters. The van der Waals surface area contributed by atoms with Crippen LogP contribution in [0.2, 0.25) is 0 Å². The number of amides is 2. The van der Waals surface area contributed by atoms with Gasteiger partial charge in [0.2, 0.25) is 0 Å². The molecule has 1 aliphatic rings. The average Bonchev–Trinajstić information content (AvgIpc) is 3.38. The molecule has 1 aromatic carbocycles. The minimum atomic E-state index is -0.796. The highest BCUT2D eigenvalue weighted by Gasteiger charge is 2.21. The SMILES string of the molecule is COc1cc(NC(=O)c2ccco2)c(C(=O)OCC(=O)NCCC2=CCCCC2)cc1OC. The Kier molecular flexibility index (Phi) is 8.51. The number of allylic oxidation sites excluding steroid dienone is 1. The molecule has 9 nitrogen and oxygen atoms in total. The van der Waals surface area contributed by atoms with Crippen molar-refractivity contribution in [3.8, 4) is 11.5 Å². The van der Waals surface area contributed by atoms with Gasteiger partial charge in [-0.3, -0.25) is 9.59 Å². The van der Waals surface area contributed by atoms with E-state index >= 15 is 0 Å². The first kappa shape index (κ1) is 23.9. The summed E-state index contributed by atoms with van der Waals surface area (Å²) in [6, 6.07) is 5.88. The lowest BCUT2D eigenvalue weighted by Gasteiger charge is -2.15. The Hall–Kier alpha value is -3.75. The smallest absolute Gasteiger partial charge is 0.340 e. The largest absolute Gasteiger partial charge is 0.493 e.